The van der Waals surface area contributed by atoms with Crippen molar-refractivity contribution < 1.29 is 4.39 Å². The fourth-order valence-electron chi connectivity index (χ4n) is 2.44. The van der Waals surface area contributed by atoms with Crippen LogP contribution in [0, 0.1) is 5.82 Å². The van der Waals surface area contributed by atoms with Crippen LogP contribution in [0.2, 0.25) is 5.02 Å². The number of nitrogens with zero attached hydrogens (tertiary/aromatic N) is 1. The Balaban J connectivity index is 1.49. The molecule has 1 saturated carbocycles. The highest BCUT2D eigenvalue weighted by molar-refractivity contribution is 7.09. The van der Waals surface area contributed by atoms with Crippen LogP contribution >= 0.6 is 22.9 Å². The van der Waals surface area contributed by atoms with E-state index in [9.17, 15) is 4.39 Å². The van der Waals surface area contributed by atoms with Gasteiger partial charge in [0.2, 0.25) is 0 Å². The van der Waals surface area contributed by atoms with Gasteiger partial charge in [-0.25, -0.2) is 4.39 Å². The lowest BCUT2D eigenvalue weighted by Gasteiger charge is -2.06. The van der Waals surface area contributed by atoms with Gasteiger partial charge in [0.15, 0.2) is 5.96 Å². The predicted molar refractivity (Wildman–Crippen MR) is 90.2 cm³/mol. The van der Waals surface area contributed by atoms with Gasteiger partial charge in [0.05, 0.1) is 5.02 Å². The van der Waals surface area contributed by atoms with Crippen LogP contribution in [0.25, 0.3) is 0 Å². The monoisotopic (exact) mass is 337 g/mol. The molecule has 1 aliphatic rings. The van der Waals surface area contributed by atoms with Gasteiger partial charge >= 0.3 is 0 Å². The van der Waals surface area contributed by atoms with Crippen LogP contribution in [0.15, 0.2) is 40.7 Å². The topological polar surface area (TPSA) is 50.4 Å². The maximum Gasteiger partial charge on any atom is 0.188 e. The maximum atomic E-state index is 13.5. The Morgan fingerprint density at radius 1 is 1.45 bits per heavy atom. The van der Waals surface area contributed by atoms with E-state index in [0.717, 1.165) is 18.4 Å². The number of guanidine groups is 1. The summed E-state index contributed by atoms with van der Waals surface area (Å²) in [6, 6.07) is 9.31. The summed E-state index contributed by atoms with van der Waals surface area (Å²) in [4.78, 5) is 5.64. The molecule has 0 bridgehead atoms. The van der Waals surface area contributed by atoms with E-state index in [2.05, 4.69) is 21.8 Å². The highest BCUT2D eigenvalue weighted by Crippen LogP contribution is 2.41. The molecular formula is C16H17ClFN3S. The minimum absolute atomic E-state index is 0.156. The summed E-state index contributed by atoms with van der Waals surface area (Å²) in [6.07, 6.45) is 1.83. The van der Waals surface area contributed by atoms with Crippen molar-refractivity contribution in [2.24, 2.45) is 10.7 Å². The molecule has 0 spiro atoms. The second-order valence-corrected chi connectivity index (χ2v) is 6.80. The molecule has 3 N–H and O–H groups in total. The molecule has 6 heteroatoms. The van der Waals surface area contributed by atoms with Crippen LogP contribution in [0.4, 0.5) is 4.39 Å². The molecule has 2 aromatic rings. The Labute approximate surface area is 138 Å². The third-order valence-electron chi connectivity index (χ3n) is 3.72. The molecule has 1 aromatic heterocycles. The maximum absolute atomic E-state index is 13.5. The van der Waals surface area contributed by atoms with Crippen molar-refractivity contribution in [1.82, 2.24) is 5.32 Å². The third kappa shape index (κ3) is 3.78. The van der Waals surface area contributed by atoms with Gasteiger partial charge in [0.25, 0.3) is 0 Å². The zero-order valence-electron chi connectivity index (χ0n) is 11.9. The average Bonchev–Trinajstić information content (AvgIpc) is 3.04. The first-order valence-electron chi connectivity index (χ1n) is 7.17. The molecule has 0 saturated heterocycles. The van der Waals surface area contributed by atoms with Gasteiger partial charge in [-0.15, -0.1) is 11.3 Å². The van der Waals surface area contributed by atoms with E-state index in [1.54, 1.807) is 17.4 Å². The van der Waals surface area contributed by atoms with Crippen molar-refractivity contribution in [3.63, 3.8) is 0 Å². The van der Waals surface area contributed by atoms with Crippen molar-refractivity contribution in [2.45, 2.75) is 24.8 Å². The summed E-state index contributed by atoms with van der Waals surface area (Å²) >= 11 is 7.42. The molecule has 0 aliphatic heterocycles. The third-order valence-corrected chi connectivity index (χ3v) is 4.96. The molecule has 1 heterocycles. The smallest absolute Gasteiger partial charge is 0.188 e. The minimum Gasteiger partial charge on any atom is -0.370 e. The number of hydrogen-bond donors (Lipinski definition) is 2. The lowest BCUT2D eigenvalue weighted by molar-refractivity contribution is 0.625. The van der Waals surface area contributed by atoms with Crippen LogP contribution in [0.3, 0.4) is 0 Å². The predicted octanol–water partition coefficient (Wildman–Crippen LogP) is 3.54. The number of rotatable bonds is 5. The Kier molecular flexibility index (Phi) is 4.64. The molecule has 1 aromatic carbocycles. The number of benzene rings is 1. The Morgan fingerprint density at radius 3 is 3.05 bits per heavy atom. The van der Waals surface area contributed by atoms with Gasteiger partial charge < -0.3 is 11.1 Å². The lowest BCUT2D eigenvalue weighted by atomic mass is 10.1. The van der Waals surface area contributed by atoms with Crippen LogP contribution in [0.1, 0.15) is 22.8 Å². The van der Waals surface area contributed by atoms with Crippen molar-refractivity contribution in [3.8, 4) is 0 Å². The SMILES string of the molecule is NC(=NCCc1cccs1)N[C@@H]1C[C@H]1c1ccc(Cl)c(F)c1. The fraction of sp³-hybridized carbons (Fsp3) is 0.312. The molecule has 3 nitrogen and oxygen atoms in total. The second kappa shape index (κ2) is 6.67. The minimum atomic E-state index is -0.373. The van der Waals surface area contributed by atoms with Crippen LogP contribution in [-0.2, 0) is 6.42 Å². The van der Waals surface area contributed by atoms with E-state index in [1.807, 2.05) is 12.1 Å². The van der Waals surface area contributed by atoms with E-state index in [4.69, 9.17) is 17.3 Å². The van der Waals surface area contributed by atoms with E-state index < -0.39 is 0 Å². The molecule has 0 radical (unpaired) electrons. The standard InChI is InChI=1S/C16H17ClFN3S/c17-13-4-3-10(8-14(13)18)12-9-15(12)21-16(19)20-6-5-11-2-1-7-22-11/h1-4,7-8,12,15H,5-6,9H2,(H3,19,20,21)/t12-,15+/m0/s1. The summed E-state index contributed by atoms with van der Waals surface area (Å²) in [5.74, 6) is 0.360. The van der Waals surface area contributed by atoms with Gasteiger partial charge in [-0.05, 0) is 35.6 Å². The van der Waals surface area contributed by atoms with Gasteiger partial charge in [0, 0.05) is 29.8 Å². The normalized spacial score (nSPS) is 20.9. The molecule has 3 rings (SSSR count). The van der Waals surface area contributed by atoms with Gasteiger partial charge in [0.1, 0.15) is 5.82 Å². The highest BCUT2D eigenvalue weighted by Gasteiger charge is 2.39. The van der Waals surface area contributed by atoms with Gasteiger partial charge in [-0.1, -0.05) is 23.7 Å². The van der Waals surface area contributed by atoms with Crippen LogP contribution in [0.5, 0.6) is 0 Å². The first-order chi connectivity index (χ1) is 10.6. The summed E-state index contributed by atoms with van der Waals surface area (Å²) in [5.41, 5.74) is 6.85. The Morgan fingerprint density at radius 2 is 2.32 bits per heavy atom. The van der Waals surface area contributed by atoms with E-state index in [0.29, 0.717) is 12.5 Å². The molecular weight excluding hydrogens is 321 g/mol. The van der Waals surface area contributed by atoms with Crippen molar-refractivity contribution in [2.75, 3.05) is 6.54 Å². The number of nitrogens with one attached hydrogen (secondary N) is 1. The molecule has 0 unspecified atom stereocenters. The first-order valence-corrected chi connectivity index (χ1v) is 8.43. The summed E-state index contributed by atoms with van der Waals surface area (Å²) in [7, 11) is 0. The van der Waals surface area contributed by atoms with Crippen molar-refractivity contribution in [3.05, 3.63) is 57.0 Å². The largest absolute Gasteiger partial charge is 0.370 e. The molecule has 2 atom stereocenters. The number of halogens is 2. The zero-order valence-corrected chi connectivity index (χ0v) is 13.5. The average molecular weight is 338 g/mol. The number of aliphatic imine (C=N–C) groups is 1. The number of nitrogens with two attached hydrogens (primary N) is 1. The summed E-state index contributed by atoms with van der Waals surface area (Å²) in [5, 5.41) is 5.40. The lowest BCUT2D eigenvalue weighted by Crippen LogP contribution is -2.34. The van der Waals surface area contributed by atoms with Crippen molar-refractivity contribution >= 4 is 28.9 Å². The second-order valence-electron chi connectivity index (χ2n) is 5.36. The first kappa shape index (κ1) is 15.3. The number of thiophene rings is 1. The zero-order chi connectivity index (χ0) is 15.5. The molecule has 116 valence electrons. The Hall–Kier alpha value is -1.59. The molecule has 22 heavy (non-hydrogen) atoms. The van der Waals surface area contributed by atoms with Crippen LogP contribution < -0.4 is 11.1 Å². The molecule has 0 amide bonds. The molecule has 1 aliphatic carbocycles. The van der Waals surface area contributed by atoms with E-state index >= 15 is 0 Å². The van der Waals surface area contributed by atoms with Crippen molar-refractivity contribution in [1.29, 1.82) is 0 Å². The Bertz CT molecular complexity index is 672. The number of hydrogen-bond acceptors (Lipinski definition) is 2. The van der Waals surface area contributed by atoms with E-state index in [-0.39, 0.29) is 22.8 Å². The van der Waals surface area contributed by atoms with Gasteiger partial charge in [-0.3, -0.25) is 4.99 Å². The fourth-order valence-corrected chi connectivity index (χ4v) is 3.26. The van der Waals surface area contributed by atoms with Crippen LogP contribution in [-0.4, -0.2) is 18.5 Å². The van der Waals surface area contributed by atoms with Gasteiger partial charge in [-0.2, -0.15) is 0 Å². The quantitative estimate of drug-likeness (QED) is 0.647. The molecule has 1 fully saturated rings. The highest BCUT2D eigenvalue weighted by atomic mass is 35.5. The summed E-state index contributed by atoms with van der Waals surface area (Å²) in [6.45, 7) is 0.673. The van der Waals surface area contributed by atoms with E-state index in [1.165, 1.54) is 10.9 Å². The summed E-state index contributed by atoms with van der Waals surface area (Å²) < 4.78 is 13.5.